The van der Waals surface area contributed by atoms with Crippen LogP contribution in [0.2, 0.25) is 0 Å². The number of tetrazole rings is 1. The number of hydrogen-bond donors (Lipinski definition) is 1. The van der Waals surface area contributed by atoms with Crippen molar-refractivity contribution in [2.75, 3.05) is 5.73 Å². The van der Waals surface area contributed by atoms with Gasteiger partial charge in [-0.1, -0.05) is 35.4 Å². The van der Waals surface area contributed by atoms with Gasteiger partial charge in [-0.3, -0.25) is 0 Å². The maximum atomic E-state index is 14.0. The van der Waals surface area contributed by atoms with Crippen LogP contribution in [0.1, 0.15) is 22.3 Å². The number of alkyl halides is 6. The van der Waals surface area contributed by atoms with Gasteiger partial charge in [0.2, 0.25) is 0 Å². The van der Waals surface area contributed by atoms with E-state index >= 15 is 0 Å². The Hall–Kier alpha value is -4.09. The summed E-state index contributed by atoms with van der Waals surface area (Å²) in [5.41, 5.74) is 3.67. The van der Waals surface area contributed by atoms with Gasteiger partial charge < -0.3 is 5.73 Å². The summed E-state index contributed by atoms with van der Waals surface area (Å²) in [6.07, 6.45) is -9.59. The molecular formula is C23H17F6N5O. The van der Waals surface area contributed by atoms with Crippen molar-refractivity contribution in [2.45, 2.75) is 25.8 Å². The fourth-order valence-electron chi connectivity index (χ4n) is 3.60. The number of nitrogens with two attached hydrogens (primary N) is 1. The zero-order valence-corrected chi connectivity index (χ0v) is 18.0. The van der Waals surface area contributed by atoms with Gasteiger partial charge in [0, 0.05) is 5.69 Å². The van der Waals surface area contributed by atoms with Crippen molar-refractivity contribution in [1.82, 2.24) is 19.8 Å². The summed E-state index contributed by atoms with van der Waals surface area (Å²) >= 11 is 0. The van der Waals surface area contributed by atoms with Crippen molar-refractivity contribution >= 4 is 5.69 Å². The van der Waals surface area contributed by atoms with E-state index < -0.39 is 34.9 Å². The van der Waals surface area contributed by atoms with E-state index in [4.69, 9.17) is 5.73 Å². The van der Waals surface area contributed by atoms with Crippen LogP contribution in [-0.2, 0) is 18.9 Å². The van der Waals surface area contributed by atoms with E-state index in [0.717, 1.165) is 34.6 Å². The lowest BCUT2D eigenvalue weighted by molar-refractivity contribution is -0.138. The summed E-state index contributed by atoms with van der Waals surface area (Å²) < 4.78 is 82.0. The van der Waals surface area contributed by atoms with Crippen LogP contribution in [0, 0.1) is 6.92 Å². The summed E-state index contributed by atoms with van der Waals surface area (Å²) in [5, 5.41) is 7.05. The molecule has 0 aliphatic carbocycles. The van der Waals surface area contributed by atoms with Gasteiger partial charge in [-0.15, -0.1) is 0 Å². The van der Waals surface area contributed by atoms with Crippen LogP contribution in [0.5, 0.6) is 0 Å². The van der Waals surface area contributed by atoms with Crippen LogP contribution < -0.4 is 11.4 Å². The third kappa shape index (κ3) is 4.91. The molecule has 0 atom stereocenters. The number of anilines is 1. The summed E-state index contributed by atoms with van der Waals surface area (Å²) in [6, 6.07) is 11.8. The molecule has 0 saturated heterocycles. The van der Waals surface area contributed by atoms with Crippen molar-refractivity contribution in [3.05, 3.63) is 93.4 Å². The molecule has 35 heavy (non-hydrogen) atoms. The molecule has 3 aromatic carbocycles. The normalized spacial score (nSPS) is 12.2. The fourth-order valence-corrected chi connectivity index (χ4v) is 3.60. The zero-order valence-electron chi connectivity index (χ0n) is 18.0. The number of aryl methyl sites for hydroxylation is 1. The SMILES string of the molecule is Cc1cc(Cn2nnc(=O)n2-c2ccc(-c3cccc(C(F)(F)F)c3)cc2C(F)(F)F)ccc1N. The average Bonchev–Trinajstić information content (AvgIpc) is 3.14. The van der Waals surface area contributed by atoms with Gasteiger partial charge in [-0.05, 0) is 64.7 Å². The molecule has 0 aliphatic rings. The first kappa shape index (κ1) is 24.0. The van der Waals surface area contributed by atoms with Crippen molar-refractivity contribution in [2.24, 2.45) is 0 Å². The van der Waals surface area contributed by atoms with Crippen molar-refractivity contribution in [3.63, 3.8) is 0 Å². The van der Waals surface area contributed by atoms with E-state index in [2.05, 4.69) is 10.3 Å². The number of rotatable bonds is 4. The number of benzene rings is 3. The van der Waals surface area contributed by atoms with Gasteiger partial charge in [0.1, 0.15) is 0 Å². The van der Waals surface area contributed by atoms with Crippen LogP contribution >= 0.6 is 0 Å². The molecule has 0 aliphatic heterocycles. The molecule has 12 heteroatoms. The first-order chi connectivity index (χ1) is 16.3. The second-order valence-corrected chi connectivity index (χ2v) is 7.81. The van der Waals surface area contributed by atoms with Crippen molar-refractivity contribution in [3.8, 4) is 16.8 Å². The Morgan fingerprint density at radius 2 is 1.60 bits per heavy atom. The molecule has 0 spiro atoms. The van der Waals surface area contributed by atoms with Crippen molar-refractivity contribution in [1.29, 1.82) is 0 Å². The third-order valence-electron chi connectivity index (χ3n) is 5.36. The van der Waals surface area contributed by atoms with Gasteiger partial charge in [0.15, 0.2) is 0 Å². The molecule has 0 bridgehead atoms. The molecule has 0 amide bonds. The van der Waals surface area contributed by atoms with E-state index in [-0.39, 0.29) is 17.7 Å². The first-order valence-electron chi connectivity index (χ1n) is 10.1. The average molecular weight is 493 g/mol. The van der Waals surface area contributed by atoms with Crippen LogP contribution in [-0.4, -0.2) is 19.8 Å². The molecule has 6 nitrogen and oxygen atoms in total. The standard InChI is InChI=1S/C23H17F6N5O/c1-13-9-14(5-7-19(13)30)12-33-32-31-21(35)34(33)20-8-6-16(11-18(20)23(27,28)29)15-3-2-4-17(10-15)22(24,25)26/h2-11H,12,30H2,1H3. The highest BCUT2D eigenvalue weighted by Crippen LogP contribution is 2.38. The summed E-state index contributed by atoms with van der Waals surface area (Å²) in [7, 11) is 0. The molecule has 4 aromatic rings. The largest absolute Gasteiger partial charge is 0.418 e. The van der Waals surface area contributed by atoms with E-state index in [9.17, 15) is 31.1 Å². The van der Waals surface area contributed by atoms with E-state index in [1.54, 1.807) is 25.1 Å². The van der Waals surface area contributed by atoms with E-state index in [1.807, 2.05) is 0 Å². The monoisotopic (exact) mass is 493 g/mol. The number of nitrogen functional groups attached to an aromatic ring is 1. The lowest BCUT2D eigenvalue weighted by Gasteiger charge is -2.17. The maximum Gasteiger partial charge on any atom is 0.418 e. The minimum Gasteiger partial charge on any atom is -0.399 e. The van der Waals surface area contributed by atoms with Gasteiger partial charge in [0.25, 0.3) is 0 Å². The van der Waals surface area contributed by atoms with Crippen molar-refractivity contribution < 1.29 is 26.3 Å². The zero-order chi connectivity index (χ0) is 25.5. The molecule has 0 radical (unpaired) electrons. The third-order valence-corrected chi connectivity index (χ3v) is 5.36. The Kier molecular flexibility index (Phi) is 5.91. The molecule has 1 heterocycles. The summed E-state index contributed by atoms with van der Waals surface area (Å²) in [6.45, 7) is 1.67. The van der Waals surface area contributed by atoms with E-state index in [1.165, 1.54) is 12.1 Å². The smallest absolute Gasteiger partial charge is 0.399 e. The molecule has 0 saturated carbocycles. The predicted octanol–water partition coefficient (Wildman–Crippen LogP) is 5.07. The second kappa shape index (κ2) is 8.60. The molecule has 2 N–H and O–H groups in total. The first-order valence-corrected chi connectivity index (χ1v) is 10.1. The summed E-state index contributed by atoms with van der Waals surface area (Å²) in [4.78, 5) is 13.4. The van der Waals surface area contributed by atoms with Gasteiger partial charge in [-0.25, -0.2) is 4.79 Å². The minimum absolute atomic E-state index is 0.0618. The highest BCUT2D eigenvalue weighted by molar-refractivity contribution is 5.67. The lowest BCUT2D eigenvalue weighted by atomic mass is 9.99. The van der Waals surface area contributed by atoms with E-state index in [0.29, 0.717) is 22.0 Å². The predicted molar refractivity (Wildman–Crippen MR) is 116 cm³/mol. The summed E-state index contributed by atoms with van der Waals surface area (Å²) in [5.74, 6) is 0. The maximum absolute atomic E-state index is 14.0. The topological polar surface area (TPSA) is 78.7 Å². The van der Waals surface area contributed by atoms with Gasteiger partial charge in [-0.2, -0.15) is 35.8 Å². The second-order valence-electron chi connectivity index (χ2n) is 7.81. The molecule has 182 valence electrons. The highest BCUT2D eigenvalue weighted by atomic mass is 19.4. The van der Waals surface area contributed by atoms with Gasteiger partial charge >= 0.3 is 18.0 Å². The minimum atomic E-state index is -4.93. The van der Waals surface area contributed by atoms with Gasteiger partial charge in [0.05, 0.1) is 23.4 Å². The number of nitrogens with zero attached hydrogens (tertiary/aromatic N) is 4. The number of aromatic nitrogens is 4. The molecule has 0 fully saturated rings. The quantitative estimate of drug-likeness (QED) is 0.318. The van der Waals surface area contributed by atoms with Crippen LogP contribution in [0.4, 0.5) is 32.0 Å². The molecule has 1 aromatic heterocycles. The lowest BCUT2D eigenvalue weighted by Crippen LogP contribution is -2.26. The molecule has 4 rings (SSSR count). The number of hydrogen-bond acceptors (Lipinski definition) is 4. The number of halogens is 6. The molecule has 0 unspecified atom stereocenters. The van der Waals surface area contributed by atoms with Crippen LogP contribution in [0.15, 0.2) is 65.5 Å². The Labute approximate surface area is 194 Å². The Morgan fingerprint density at radius 1 is 0.886 bits per heavy atom. The van der Waals surface area contributed by atoms with Crippen LogP contribution in [0.25, 0.3) is 16.8 Å². The Bertz CT molecular complexity index is 1450. The Morgan fingerprint density at radius 3 is 2.26 bits per heavy atom. The molecular weight excluding hydrogens is 476 g/mol. The fraction of sp³-hybridized carbons (Fsp3) is 0.174. The Balaban J connectivity index is 1.83. The highest BCUT2D eigenvalue weighted by Gasteiger charge is 2.36. The van der Waals surface area contributed by atoms with Crippen LogP contribution in [0.3, 0.4) is 0 Å².